The van der Waals surface area contributed by atoms with Crippen LogP contribution in [-0.2, 0) is 23.4 Å². The number of aliphatic hydroxyl groups excluding tert-OH is 1. The number of aliphatic hydroxyl groups is 1. The fourth-order valence-corrected chi connectivity index (χ4v) is 6.31. The number of aryl methyl sites for hydroxylation is 1. The van der Waals surface area contributed by atoms with Gasteiger partial charge >= 0.3 is 13.7 Å². The number of halogens is 1. The van der Waals surface area contributed by atoms with E-state index in [2.05, 4.69) is 20.0 Å². The van der Waals surface area contributed by atoms with E-state index in [1.54, 1.807) is 32.0 Å². The van der Waals surface area contributed by atoms with E-state index >= 15 is 4.39 Å². The summed E-state index contributed by atoms with van der Waals surface area (Å²) in [6.45, 7) is 4.26. The fraction of sp³-hybridized carbons (Fsp3) is 0.500. The van der Waals surface area contributed by atoms with Gasteiger partial charge in [0.15, 0.2) is 23.2 Å². The lowest BCUT2D eigenvalue weighted by atomic mass is 9.97. The summed E-state index contributed by atoms with van der Waals surface area (Å²) >= 11 is 0. The molecule has 0 unspecified atom stereocenters. The molecule has 1 aliphatic carbocycles. The third-order valence-electron chi connectivity index (χ3n) is 7.23. The van der Waals surface area contributed by atoms with Crippen LogP contribution in [0.25, 0.3) is 11.2 Å². The van der Waals surface area contributed by atoms with Crippen molar-refractivity contribution in [3.05, 3.63) is 42.5 Å². The third kappa shape index (κ3) is 6.23. The predicted octanol–water partition coefficient (Wildman–Crippen LogP) is 3.08. The number of imidazole rings is 1. The SMILES string of the molecule is C#C[C@@]1(F)[C@H](O)[C@@H](CO[P@](=O)(N[C@H](C)C(=O)OCC)Oc2ccccc2)O[C@H]1n1cnc2c(N(C)C3CC3)nc(C)nc21. The first-order chi connectivity index (χ1) is 20.5. The third-order valence-corrected chi connectivity index (χ3v) is 8.88. The highest BCUT2D eigenvalue weighted by Crippen LogP contribution is 2.48. The van der Waals surface area contributed by atoms with E-state index in [4.69, 9.17) is 24.9 Å². The summed E-state index contributed by atoms with van der Waals surface area (Å²) < 4.78 is 53.6. The van der Waals surface area contributed by atoms with E-state index < -0.39 is 50.5 Å². The molecule has 0 radical (unpaired) electrons. The summed E-state index contributed by atoms with van der Waals surface area (Å²) in [4.78, 5) is 27.7. The summed E-state index contributed by atoms with van der Waals surface area (Å²) in [5.74, 6) is 2.54. The van der Waals surface area contributed by atoms with Crippen molar-refractivity contribution in [3.8, 4) is 18.1 Å². The average molecular weight is 617 g/mol. The molecule has 13 nitrogen and oxygen atoms in total. The van der Waals surface area contributed by atoms with Gasteiger partial charge in [-0.25, -0.2) is 23.9 Å². The highest BCUT2D eigenvalue weighted by atomic mass is 31.2. The molecule has 6 atom stereocenters. The molecule has 1 saturated heterocycles. The summed E-state index contributed by atoms with van der Waals surface area (Å²) in [7, 11) is -2.40. The van der Waals surface area contributed by atoms with Crippen LogP contribution in [0.2, 0.25) is 0 Å². The number of nitrogens with zero attached hydrogens (tertiary/aromatic N) is 5. The van der Waals surface area contributed by atoms with E-state index in [1.807, 2.05) is 17.9 Å². The molecule has 2 aromatic heterocycles. The standard InChI is InChI=1S/C28H34FN6O7P/c1-6-28(29)23(36)21(15-40-43(38,33-17(3)26(37)39-7-2)42-20-11-9-8-10-12-20)41-27(28)35-16-30-22-24(34(5)19-13-14-19)31-18(4)32-25(22)35/h1,8-12,16-17,19,21,23,27,36H,7,13-15H2,2-5H3,(H,33,38)/t17-,21-,23-,27-,28-,43-/m1/s1. The predicted molar refractivity (Wildman–Crippen MR) is 154 cm³/mol. The Balaban J connectivity index is 1.41. The lowest BCUT2D eigenvalue weighted by Crippen LogP contribution is -2.42. The Morgan fingerprint density at radius 3 is 2.74 bits per heavy atom. The first kappa shape index (κ1) is 30.8. The molecule has 3 aromatic rings. The van der Waals surface area contributed by atoms with Crippen LogP contribution in [0.15, 0.2) is 36.7 Å². The van der Waals surface area contributed by atoms with Crippen molar-refractivity contribution < 1.29 is 37.4 Å². The molecular formula is C28H34FN6O7P. The number of rotatable bonds is 12. The number of hydrogen-bond donors (Lipinski definition) is 2. The van der Waals surface area contributed by atoms with Gasteiger partial charge in [0.1, 0.15) is 29.8 Å². The summed E-state index contributed by atoms with van der Waals surface area (Å²) in [5, 5.41) is 13.6. The van der Waals surface area contributed by atoms with Crippen LogP contribution in [-0.4, -0.2) is 80.8 Å². The summed E-state index contributed by atoms with van der Waals surface area (Å²) in [6, 6.07) is 7.36. The first-order valence-corrected chi connectivity index (χ1v) is 15.4. The Kier molecular flexibility index (Phi) is 8.74. The molecule has 43 heavy (non-hydrogen) atoms. The quantitative estimate of drug-likeness (QED) is 0.175. The second-order valence-electron chi connectivity index (χ2n) is 10.4. The maximum Gasteiger partial charge on any atom is 0.459 e. The molecule has 15 heteroatoms. The number of carbonyl (C=O) groups excluding carboxylic acids is 1. The van der Waals surface area contributed by atoms with E-state index in [0.717, 1.165) is 12.8 Å². The topological polar surface area (TPSA) is 150 Å². The van der Waals surface area contributed by atoms with Gasteiger partial charge in [0.05, 0.1) is 19.5 Å². The number of fused-ring (bicyclic) bond motifs is 1. The van der Waals surface area contributed by atoms with Gasteiger partial charge in [-0.15, -0.1) is 6.42 Å². The number of alkyl halides is 1. The van der Waals surface area contributed by atoms with Gasteiger partial charge in [0.2, 0.25) is 5.67 Å². The Morgan fingerprint density at radius 2 is 2.09 bits per heavy atom. The zero-order chi connectivity index (χ0) is 30.9. The number of hydrogen-bond acceptors (Lipinski definition) is 11. The Morgan fingerprint density at radius 1 is 1.37 bits per heavy atom. The van der Waals surface area contributed by atoms with Crippen LogP contribution in [0.5, 0.6) is 5.75 Å². The number of nitrogens with one attached hydrogen (secondary N) is 1. The number of benzene rings is 1. The number of para-hydroxylation sites is 1. The maximum absolute atomic E-state index is 16.4. The highest BCUT2D eigenvalue weighted by molar-refractivity contribution is 7.52. The van der Waals surface area contributed by atoms with Crippen molar-refractivity contribution in [2.24, 2.45) is 0 Å². The molecule has 2 aliphatic rings. The van der Waals surface area contributed by atoms with Gasteiger partial charge in [0.25, 0.3) is 0 Å². The number of ether oxygens (including phenoxy) is 2. The van der Waals surface area contributed by atoms with Crippen molar-refractivity contribution in [2.75, 3.05) is 25.2 Å². The number of esters is 1. The number of anilines is 1. The van der Waals surface area contributed by atoms with Crippen molar-refractivity contribution in [1.29, 1.82) is 0 Å². The molecule has 0 bridgehead atoms. The normalized spacial score (nSPS) is 25.6. The second-order valence-corrected chi connectivity index (χ2v) is 12.1. The van der Waals surface area contributed by atoms with Crippen LogP contribution in [0.1, 0.15) is 38.7 Å². The van der Waals surface area contributed by atoms with Crippen LogP contribution in [0, 0.1) is 19.3 Å². The Labute approximate surface area is 248 Å². The van der Waals surface area contributed by atoms with Crippen molar-refractivity contribution in [2.45, 2.75) is 69.8 Å². The molecular weight excluding hydrogens is 582 g/mol. The van der Waals surface area contributed by atoms with Crippen LogP contribution >= 0.6 is 7.75 Å². The zero-order valence-electron chi connectivity index (χ0n) is 24.2. The lowest BCUT2D eigenvalue weighted by Gasteiger charge is -2.25. The van der Waals surface area contributed by atoms with Gasteiger partial charge < -0.3 is 24.0 Å². The average Bonchev–Trinajstić information content (AvgIpc) is 3.71. The Hall–Kier alpha value is -3.60. The van der Waals surface area contributed by atoms with Gasteiger partial charge in [-0.1, -0.05) is 24.1 Å². The van der Waals surface area contributed by atoms with Crippen LogP contribution in [0.3, 0.4) is 0 Å². The fourth-order valence-electron chi connectivity index (χ4n) is 4.81. The smallest absolute Gasteiger partial charge is 0.459 e. The molecule has 3 heterocycles. The monoisotopic (exact) mass is 616 g/mol. The molecule has 0 spiro atoms. The summed E-state index contributed by atoms with van der Waals surface area (Å²) in [5.41, 5.74) is -2.04. The van der Waals surface area contributed by atoms with Crippen molar-refractivity contribution >= 4 is 30.7 Å². The minimum atomic E-state index is -4.31. The lowest BCUT2D eigenvalue weighted by molar-refractivity contribution is -0.144. The zero-order valence-corrected chi connectivity index (χ0v) is 25.1. The number of terminal acetylenes is 1. The minimum Gasteiger partial charge on any atom is -0.465 e. The molecule has 1 aromatic carbocycles. The summed E-state index contributed by atoms with van der Waals surface area (Å²) in [6.07, 6.45) is 4.14. The van der Waals surface area contributed by atoms with Gasteiger partial charge in [-0.2, -0.15) is 5.09 Å². The van der Waals surface area contributed by atoms with E-state index in [9.17, 15) is 14.5 Å². The number of aromatic nitrogens is 4. The van der Waals surface area contributed by atoms with Gasteiger partial charge in [0, 0.05) is 13.1 Å². The van der Waals surface area contributed by atoms with E-state index in [1.165, 1.54) is 30.0 Å². The van der Waals surface area contributed by atoms with E-state index in [-0.39, 0.29) is 18.0 Å². The second kappa shape index (κ2) is 12.2. The Bertz CT molecular complexity index is 1560. The molecule has 2 fully saturated rings. The molecule has 2 N–H and O–H groups in total. The molecule has 0 amide bonds. The first-order valence-electron chi connectivity index (χ1n) is 13.9. The maximum atomic E-state index is 16.4. The molecule has 230 valence electrons. The van der Waals surface area contributed by atoms with Crippen molar-refractivity contribution in [3.63, 3.8) is 0 Å². The number of carbonyl (C=O) groups is 1. The van der Waals surface area contributed by atoms with Crippen LogP contribution in [0.4, 0.5) is 10.2 Å². The minimum absolute atomic E-state index is 0.107. The highest BCUT2D eigenvalue weighted by Gasteiger charge is 2.58. The van der Waals surface area contributed by atoms with Crippen molar-refractivity contribution in [1.82, 2.24) is 24.6 Å². The van der Waals surface area contributed by atoms with Crippen LogP contribution < -0.4 is 14.5 Å². The molecule has 5 rings (SSSR count). The van der Waals surface area contributed by atoms with E-state index in [0.29, 0.717) is 23.2 Å². The molecule has 1 aliphatic heterocycles. The van der Waals surface area contributed by atoms with Gasteiger partial charge in [-0.05, 0) is 45.7 Å². The molecule has 1 saturated carbocycles. The largest absolute Gasteiger partial charge is 0.465 e. The van der Waals surface area contributed by atoms with Gasteiger partial charge in [-0.3, -0.25) is 13.9 Å².